The fourth-order valence-electron chi connectivity index (χ4n) is 1.33. The van der Waals surface area contributed by atoms with Crippen molar-refractivity contribution in [1.82, 2.24) is 0 Å². The summed E-state index contributed by atoms with van der Waals surface area (Å²) in [5, 5.41) is 0. The van der Waals surface area contributed by atoms with Crippen LogP contribution in [0.15, 0.2) is 35.8 Å². The van der Waals surface area contributed by atoms with Gasteiger partial charge in [-0.1, -0.05) is 0 Å². The lowest BCUT2D eigenvalue weighted by Crippen LogP contribution is -2.62. The molecule has 1 heterocycles. The Bertz CT molecular complexity index is 544. The summed E-state index contributed by atoms with van der Waals surface area (Å²) in [6, 6.07) is -6.13. The first-order valence-corrected chi connectivity index (χ1v) is 4.83. The van der Waals surface area contributed by atoms with Crippen LogP contribution in [-0.2, 0) is 9.47 Å². The summed E-state index contributed by atoms with van der Waals surface area (Å²) in [7, 11) is 0. The summed E-state index contributed by atoms with van der Waals surface area (Å²) >= 11 is 0. The molecule has 14 heteroatoms. The van der Waals surface area contributed by atoms with E-state index >= 15 is 0 Å². The smallest absolute Gasteiger partial charge is 0.400 e. The molecule has 2 nitrogen and oxygen atoms in total. The van der Waals surface area contributed by atoms with Crippen LogP contribution in [-0.4, -0.2) is 17.6 Å². The topological polar surface area (TPSA) is 18.5 Å². The summed E-state index contributed by atoms with van der Waals surface area (Å²) in [5.74, 6) is -27.0. The van der Waals surface area contributed by atoms with Gasteiger partial charge in [0, 0.05) is 0 Å². The van der Waals surface area contributed by atoms with E-state index in [1.165, 1.54) is 0 Å². The van der Waals surface area contributed by atoms with Crippen LogP contribution in [0.2, 0.25) is 0 Å². The minimum absolute atomic E-state index is 2.83. The van der Waals surface area contributed by atoms with Gasteiger partial charge < -0.3 is 9.47 Å². The quantitative estimate of drug-likeness (QED) is 0.634. The number of alkyl halides is 4. The molecule has 0 aliphatic carbocycles. The Labute approximate surface area is 117 Å². The first-order valence-electron chi connectivity index (χ1n) is 4.83. The predicted octanol–water partition coefficient (Wildman–Crippen LogP) is 5.22. The van der Waals surface area contributed by atoms with Gasteiger partial charge in [-0.15, -0.1) is 0 Å². The first-order chi connectivity index (χ1) is 10.2. The summed E-state index contributed by atoms with van der Waals surface area (Å²) < 4.78 is 158. The Morgan fingerprint density at radius 3 is 1.13 bits per heavy atom. The second kappa shape index (κ2) is 5.56. The molecule has 0 unspecified atom stereocenters. The number of hydrogen-bond acceptors (Lipinski definition) is 2. The van der Waals surface area contributed by atoms with Crippen molar-refractivity contribution in [2.24, 2.45) is 0 Å². The average Bonchev–Trinajstić information content (AvgIpc) is 2.74. The van der Waals surface area contributed by atoms with Crippen molar-refractivity contribution in [1.29, 1.82) is 0 Å². The molecule has 0 bridgehead atoms. The van der Waals surface area contributed by atoms with Gasteiger partial charge in [-0.2, -0.15) is 52.7 Å². The maximum atomic E-state index is 13.5. The highest BCUT2D eigenvalue weighted by molar-refractivity contribution is 5.25. The van der Waals surface area contributed by atoms with E-state index in [1.807, 2.05) is 0 Å². The third-order valence-electron chi connectivity index (χ3n) is 2.33. The van der Waals surface area contributed by atoms with Crippen LogP contribution in [0.5, 0.6) is 0 Å². The Kier molecular flexibility index (Phi) is 4.60. The Morgan fingerprint density at radius 1 is 0.652 bits per heavy atom. The highest BCUT2D eigenvalue weighted by atomic mass is 19.3. The van der Waals surface area contributed by atoms with Gasteiger partial charge in [-0.25, -0.2) is 0 Å². The van der Waals surface area contributed by atoms with E-state index in [0.717, 1.165) is 0 Å². The first kappa shape index (κ1) is 19.0. The van der Waals surface area contributed by atoms with Crippen molar-refractivity contribution in [2.45, 2.75) is 17.6 Å². The molecule has 1 aliphatic heterocycles. The monoisotopic (exact) mass is 368 g/mol. The van der Waals surface area contributed by atoms with Gasteiger partial charge in [0.2, 0.25) is 11.7 Å². The molecule has 1 aliphatic rings. The van der Waals surface area contributed by atoms with E-state index in [2.05, 4.69) is 9.47 Å². The number of rotatable bonds is 4. The molecule has 0 fully saturated rings. The molecule has 0 amide bonds. The van der Waals surface area contributed by atoms with Crippen molar-refractivity contribution >= 4 is 0 Å². The third-order valence-corrected chi connectivity index (χ3v) is 2.33. The normalized spacial score (nSPS) is 17.6. The summed E-state index contributed by atoms with van der Waals surface area (Å²) in [6.45, 7) is 0. The van der Waals surface area contributed by atoms with Crippen LogP contribution in [0, 0.1) is 0 Å². The lowest BCUT2D eigenvalue weighted by Gasteiger charge is -2.37. The Morgan fingerprint density at radius 2 is 0.913 bits per heavy atom. The van der Waals surface area contributed by atoms with Gasteiger partial charge >= 0.3 is 41.8 Å². The van der Waals surface area contributed by atoms with Crippen LogP contribution in [0.25, 0.3) is 0 Å². The molecule has 1 rings (SSSR count). The van der Waals surface area contributed by atoms with E-state index in [-0.39, 0.29) is 0 Å². The maximum absolute atomic E-state index is 13.5. The zero-order valence-electron chi connectivity index (χ0n) is 9.85. The summed E-state index contributed by atoms with van der Waals surface area (Å²) in [5.41, 5.74) is 0. The zero-order chi connectivity index (χ0) is 18.4. The van der Waals surface area contributed by atoms with Gasteiger partial charge in [0.15, 0.2) is 0 Å². The highest BCUT2D eigenvalue weighted by Gasteiger charge is 2.82. The van der Waals surface area contributed by atoms with Crippen LogP contribution < -0.4 is 0 Å². The molecule has 0 aromatic heterocycles. The van der Waals surface area contributed by atoms with E-state index in [9.17, 15) is 52.7 Å². The molecule has 0 radical (unpaired) electrons. The molecule has 132 valence electrons. The Hall–Kier alpha value is -2.02. The molecule has 23 heavy (non-hydrogen) atoms. The van der Waals surface area contributed by atoms with Crippen LogP contribution >= 0.6 is 0 Å². The molecule has 0 aromatic rings. The van der Waals surface area contributed by atoms with E-state index in [4.69, 9.17) is 0 Å². The molecule has 0 aromatic carbocycles. The minimum Gasteiger partial charge on any atom is -0.411 e. The number of ether oxygens (including phenoxy) is 2. The molecule has 0 saturated heterocycles. The van der Waals surface area contributed by atoms with Gasteiger partial charge in [0.1, 0.15) is 0 Å². The predicted molar refractivity (Wildman–Crippen MR) is 44.7 cm³/mol. The molecule has 0 N–H and O–H groups in total. The van der Waals surface area contributed by atoms with Crippen LogP contribution in [0.3, 0.4) is 0 Å². The van der Waals surface area contributed by atoms with Crippen molar-refractivity contribution in [3.63, 3.8) is 0 Å². The van der Waals surface area contributed by atoms with Crippen molar-refractivity contribution in [3.05, 3.63) is 35.8 Å². The minimum atomic E-state index is -6.49. The van der Waals surface area contributed by atoms with Gasteiger partial charge in [-0.3, -0.25) is 0 Å². The van der Waals surface area contributed by atoms with Gasteiger partial charge in [0.05, 0.1) is 0 Å². The molecule has 0 atom stereocenters. The summed E-state index contributed by atoms with van der Waals surface area (Å²) in [6.07, 6.45) is -7.98. The Balaban J connectivity index is 3.69. The van der Waals surface area contributed by atoms with Crippen LogP contribution in [0.4, 0.5) is 52.7 Å². The van der Waals surface area contributed by atoms with Gasteiger partial charge in [-0.05, 0) is 0 Å². The highest BCUT2D eigenvalue weighted by Crippen LogP contribution is 2.57. The van der Waals surface area contributed by atoms with Crippen LogP contribution in [0.1, 0.15) is 0 Å². The standard InChI is InChI=1S/C9F12O2/c10-1(3(12)13)7(18,19)9(22-5(16)6(17)23-9)8(20,21)2(11)4(14)15. The van der Waals surface area contributed by atoms with E-state index < -0.39 is 53.5 Å². The largest absolute Gasteiger partial charge is 0.411 e. The van der Waals surface area contributed by atoms with Crippen molar-refractivity contribution < 1.29 is 62.2 Å². The molecular weight excluding hydrogens is 368 g/mol. The maximum Gasteiger partial charge on any atom is 0.400 e. The summed E-state index contributed by atoms with van der Waals surface area (Å²) in [4.78, 5) is 0. The second-order valence-electron chi connectivity index (χ2n) is 3.67. The fraction of sp³-hybridized carbons (Fsp3) is 0.333. The third kappa shape index (κ3) is 2.59. The zero-order valence-corrected chi connectivity index (χ0v) is 9.85. The second-order valence-corrected chi connectivity index (χ2v) is 3.67. The fourth-order valence-corrected chi connectivity index (χ4v) is 1.33. The lowest BCUT2D eigenvalue weighted by molar-refractivity contribution is -0.364. The van der Waals surface area contributed by atoms with Crippen molar-refractivity contribution in [2.75, 3.05) is 0 Å². The van der Waals surface area contributed by atoms with Crippen molar-refractivity contribution in [3.8, 4) is 0 Å². The number of hydrogen-bond donors (Lipinski definition) is 0. The average molecular weight is 368 g/mol. The number of halogens is 12. The van der Waals surface area contributed by atoms with Gasteiger partial charge in [0.25, 0.3) is 0 Å². The lowest BCUT2D eigenvalue weighted by atomic mass is 9.98. The molecule has 0 spiro atoms. The molecule has 0 saturated carbocycles. The van der Waals surface area contributed by atoms with E-state index in [0.29, 0.717) is 0 Å². The SMILES string of the molecule is FC(F)=C(F)C(F)(F)C1(C(F)(F)C(F)=C(F)F)OC(F)=C(F)O1. The van der Waals surface area contributed by atoms with E-state index in [1.54, 1.807) is 0 Å². The molecular formula is C9F12O2.